The van der Waals surface area contributed by atoms with Crippen LogP contribution >= 0.6 is 11.6 Å². The summed E-state index contributed by atoms with van der Waals surface area (Å²) >= 11 is 5.73. The van der Waals surface area contributed by atoms with E-state index in [1.165, 1.54) is 6.07 Å². The Kier molecular flexibility index (Phi) is 4.43. The Bertz CT molecular complexity index is 390. The molecule has 1 rings (SSSR count). The first-order valence-electron chi connectivity index (χ1n) is 4.97. The average molecular weight is 245 g/mol. The lowest BCUT2D eigenvalue weighted by atomic mass is 10.1. The van der Waals surface area contributed by atoms with Crippen LogP contribution in [0.4, 0.5) is 4.79 Å². The van der Waals surface area contributed by atoms with Crippen molar-refractivity contribution in [2.45, 2.75) is 26.2 Å². The molecular formula is C11H13ClO4. The third-order valence-electron chi connectivity index (χ3n) is 2.16. The standard InChI is InChI=1S/C11H13ClO4/c1-2-3-4-7-5-6-8(12)10(9(7)13)16-11(14)15/h5-6,13H,2-4H2,1H3,(H,14,15). The van der Waals surface area contributed by atoms with Gasteiger partial charge in [-0.15, -0.1) is 0 Å². The molecule has 16 heavy (non-hydrogen) atoms. The molecule has 0 fully saturated rings. The molecule has 0 unspecified atom stereocenters. The summed E-state index contributed by atoms with van der Waals surface area (Å²) in [5, 5.41) is 18.3. The van der Waals surface area contributed by atoms with Gasteiger partial charge in [-0.05, 0) is 24.5 Å². The van der Waals surface area contributed by atoms with E-state index in [9.17, 15) is 9.90 Å². The number of hydrogen-bond donors (Lipinski definition) is 2. The minimum absolute atomic E-state index is 0.0835. The zero-order chi connectivity index (χ0) is 12.1. The molecule has 0 radical (unpaired) electrons. The number of benzene rings is 1. The summed E-state index contributed by atoms with van der Waals surface area (Å²) in [4.78, 5) is 10.4. The van der Waals surface area contributed by atoms with E-state index in [-0.39, 0.29) is 16.5 Å². The maximum absolute atomic E-state index is 10.4. The maximum Gasteiger partial charge on any atom is 0.511 e. The van der Waals surface area contributed by atoms with Gasteiger partial charge in [0.2, 0.25) is 0 Å². The second kappa shape index (κ2) is 5.61. The van der Waals surface area contributed by atoms with Gasteiger partial charge in [0, 0.05) is 0 Å². The van der Waals surface area contributed by atoms with Gasteiger partial charge >= 0.3 is 6.16 Å². The Balaban J connectivity index is 3.01. The van der Waals surface area contributed by atoms with Crippen LogP contribution in [-0.4, -0.2) is 16.4 Å². The smallest absolute Gasteiger partial charge is 0.504 e. The van der Waals surface area contributed by atoms with Crippen molar-refractivity contribution in [3.8, 4) is 11.5 Å². The minimum Gasteiger partial charge on any atom is -0.504 e. The summed E-state index contributed by atoms with van der Waals surface area (Å²) < 4.78 is 4.43. The molecule has 0 aromatic heterocycles. The van der Waals surface area contributed by atoms with Gasteiger partial charge in [-0.2, -0.15) is 0 Å². The fraction of sp³-hybridized carbons (Fsp3) is 0.364. The van der Waals surface area contributed by atoms with Crippen molar-refractivity contribution in [1.82, 2.24) is 0 Å². The molecule has 0 bridgehead atoms. The van der Waals surface area contributed by atoms with Gasteiger partial charge in [0.05, 0.1) is 5.02 Å². The van der Waals surface area contributed by atoms with Crippen molar-refractivity contribution in [1.29, 1.82) is 0 Å². The van der Waals surface area contributed by atoms with E-state index in [2.05, 4.69) is 4.74 Å². The van der Waals surface area contributed by atoms with Crippen LogP contribution in [0.1, 0.15) is 25.3 Å². The lowest BCUT2D eigenvalue weighted by Gasteiger charge is -2.09. The van der Waals surface area contributed by atoms with Gasteiger partial charge < -0.3 is 14.9 Å². The molecule has 0 aliphatic heterocycles. The molecule has 0 heterocycles. The highest BCUT2D eigenvalue weighted by molar-refractivity contribution is 6.32. The normalized spacial score (nSPS) is 10.1. The number of halogens is 1. The van der Waals surface area contributed by atoms with Gasteiger partial charge in [0.1, 0.15) is 0 Å². The monoisotopic (exact) mass is 244 g/mol. The molecule has 2 N–H and O–H groups in total. The van der Waals surface area contributed by atoms with Crippen molar-refractivity contribution in [2.75, 3.05) is 0 Å². The fourth-order valence-electron chi connectivity index (χ4n) is 1.34. The Morgan fingerprint density at radius 2 is 2.19 bits per heavy atom. The molecule has 0 atom stereocenters. The van der Waals surface area contributed by atoms with Crippen LogP contribution in [0.25, 0.3) is 0 Å². The number of phenolic OH excluding ortho intramolecular Hbond substituents is 1. The number of aromatic hydroxyl groups is 1. The summed E-state index contributed by atoms with van der Waals surface area (Å²) in [6.07, 6.45) is 1.05. The molecule has 0 saturated heterocycles. The van der Waals surface area contributed by atoms with Crippen LogP contribution in [0.5, 0.6) is 11.5 Å². The number of aryl methyl sites for hydroxylation is 1. The molecule has 0 aliphatic carbocycles. The summed E-state index contributed by atoms with van der Waals surface area (Å²) in [5.74, 6) is -0.383. The quantitative estimate of drug-likeness (QED) is 0.629. The molecule has 0 saturated carbocycles. The van der Waals surface area contributed by atoms with Crippen LogP contribution in [0.15, 0.2) is 12.1 Å². The van der Waals surface area contributed by atoms with Crippen LogP contribution in [0, 0.1) is 0 Å². The van der Waals surface area contributed by atoms with Crippen molar-refractivity contribution >= 4 is 17.8 Å². The highest BCUT2D eigenvalue weighted by Gasteiger charge is 2.15. The predicted molar refractivity (Wildman–Crippen MR) is 60.4 cm³/mol. The van der Waals surface area contributed by atoms with Crippen LogP contribution in [-0.2, 0) is 6.42 Å². The number of rotatable bonds is 4. The summed E-state index contributed by atoms with van der Waals surface area (Å²) in [6, 6.07) is 3.19. The Morgan fingerprint density at radius 3 is 2.75 bits per heavy atom. The molecule has 88 valence electrons. The van der Waals surface area contributed by atoms with Crippen LogP contribution in [0.3, 0.4) is 0 Å². The van der Waals surface area contributed by atoms with E-state index in [1.54, 1.807) is 6.07 Å². The molecule has 0 aliphatic rings. The first kappa shape index (κ1) is 12.6. The second-order valence-electron chi connectivity index (χ2n) is 3.36. The highest BCUT2D eigenvalue weighted by Crippen LogP contribution is 2.37. The van der Waals surface area contributed by atoms with Gasteiger partial charge in [-0.25, -0.2) is 4.79 Å². The first-order chi connectivity index (χ1) is 7.56. The molecular weight excluding hydrogens is 232 g/mol. The molecule has 1 aromatic rings. The lowest BCUT2D eigenvalue weighted by molar-refractivity contribution is 0.143. The van der Waals surface area contributed by atoms with E-state index in [0.29, 0.717) is 12.0 Å². The van der Waals surface area contributed by atoms with Crippen LogP contribution in [0.2, 0.25) is 5.02 Å². The summed E-state index contributed by atoms with van der Waals surface area (Å²) in [5.41, 5.74) is 0.641. The van der Waals surface area contributed by atoms with E-state index in [0.717, 1.165) is 12.8 Å². The average Bonchev–Trinajstić information content (AvgIpc) is 2.23. The Morgan fingerprint density at radius 1 is 1.50 bits per heavy atom. The van der Waals surface area contributed by atoms with Crippen molar-refractivity contribution < 1.29 is 19.7 Å². The number of ether oxygens (including phenoxy) is 1. The summed E-state index contributed by atoms with van der Waals surface area (Å²) in [6.45, 7) is 2.03. The highest BCUT2D eigenvalue weighted by atomic mass is 35.5. The van der Waals surface area contributed by atoms with Crippen molar-refractivity contribution in [2.24, 2.45) is 0 Å². The number of carboxylic acid groups (broad SMARTS) is 1. The van der Waals surface area contributed by atoms with E-state index >= 15 is 0 Å². The Hall–Kier alpha value is -1.42. The summed E-state index contributed by atoms with van der Waals surface area (Å²) in [7, 11) is 0. The van der Waals surface area contributed by atoms with Crippen molar-refractivity contribution in [3.05, 3.63) is 22.7 Å². The first-order valence-corrected chi connectivity index (χ1v) is 5.35. The third-order valence-corrected chi connectivity index (χ3v) is 2.45. The molecule has 4 nitrogen and oxygen atoms in total. The zero-order valence-corrected chi connectivity index (χ0v) is 9.62. The van der Waals surface area contributed by atoms with Gasteiger partial charge in [0.15, 0.2) is 11.5 Å². The second-order valence-corrected chi connectivity index (χ2v) is 3.76. The van der Waals surface area contributed by atoms with Crippen LogP contribution < -0.4 is 4.74 Å². The Labute approximate surface area is 98.4 Å². The van der Waals surface area contributed by atoms with Gasteiger partial charge in [-0.3, -0.25) is 0 Å². The third kappa shape index (κ3) is 3.03. The molecule has 0 amide bonds. The van der Waals surface area contributed by atoms with Gasteiger partial charge in [-0.1, -0.05) is 31.0 Å². The minimum atomic E-state index is -1.50. The number of unbranched alkanes of at least 4 members (excludes halogenated alkanes) is 1. The molecule has 1 aromatic carbocycles. The fourth-order valence-corrected chi connectivity index (χ4v) is 1.53. The lowest BCUT2D eigenvalue weighted by Crippen LogP contribution is -2.04. The van der Waals surface area contributed by atoms with E-state index in [4.69, 9.17) is 16.7 Å². The molecule has 5 heteroatoms. The van der Waals surface area contributed by atoms with Crippen molar-refractivity contribution in [3.63, 3.8) is 0 Å². The van der Waals surface area contributed by atoms with E-state index in [1.807, 2.05) is 6.92 Å². The van der Waals surface area contributed by atoms with E-state index < -0.39 is 6.16 Å². The molecule has 0 spiro atoms. The number of hydrogen-bond acceptors (Lipinski definition) is 3. The topological polar surface area (TPSA) is 66.8 Å². The number of carbonyl (C=O) groups is 1. The SMILES string of the molecule is CCCCc1ccc(Cl)c(OC(=O)O)c1O. The maximum atomic E-state index is 10.4. The largest absolute Gasteiger partial charge is 0.511 e. The predicted octanol–water partition coefficient (Wildman–Crippen LogP) is 3.45. The van der Waals surface area contributed by atoms with Gasteiger partial charge in [0.25, 0.3) is 0 Å². The zero-order valence-electron chi connectivity index (χ0n) is 8.86. The number of phenols is 1.